The number of hydrogen-bond donors (Lipinski definition) is 1. The van der Waals surface area contributed by atoms with Crippen LogP contribution in [0, 0.1) is 27.7 Å². The number of aryl methyl sites for hydroxylation is 5. The van der Waals surface area contributed by atoms with Gasteiger partial charge in [-0.3, -0.25) is 14.5 Å². The van der Waals surface area contributed by atoms with Gasteiger partial charge in [0.2, 0.25) is 0 Å². The number of carbonyl (C=O) groups is 2. The minimum atomic E-state index is -1.05. The topological polar surface area (TPSA) is 107 Å². The Morgan fingerprint density at radius 1 is 0.983 bits per heavy atom. The minimum Gasteiger partial charge on any atom is -0.494 e. The van der Waals surface area contributed by atoms with E-state index in [9.17, 15) is 9.90 Å². The molecule has 0 saturated heterocycles. The number of anilines is 1. The fraction of sp³-hybridized carbons (Fsp3) is 0.319. The van der Waals surface area contributed by atoms with E-state index >= 15 is 4.79 Å². The number of hydrogen-bond acceptors (Lipinski definition) is 5. The first-order valence-corrected chi connectivity index (χ1v) is 20.8. The maximum absolute atomic E-state index is 15.6. The van der Waals surface area contributed by atoms with E-state index in [0.29, 0.717) is 53.6 Å². The highest BCUT2D eigenvalue weighted by Gasteiger charge is 2.38. The molecule has 304 valence electrons. The third-order valence-electron chi connectivity index (χ3n) is 11.8. The molecule has 1 aliphatic rings. The molecule has 12 heteroatoms. The van der Waals surface area contributed by atoms with E-state index in [1.165, 1.54) is 0 Å². The van der Waals surface area contributed by atoms with E-state index in [4.69, 9.17) is 33.0 Å². The highest BCUT2D eigenvalue weighted by molar-refractivity contribution is 6.35. The third-order valence-corrected chi connectivity index (χ3v) is 12.7. The fourth-order valence-electron chi connectivity index (χ4n) is 8.88. The predicted molar refractivity (Wildman–Crippen MR) is 236 cm³/mol. The van der Waals surface area contributed by atoms with Gasteiger partial charge in [-0.15, -0.1) is 0 Å². The van der Waals surface area contributed by atoms with Gasteiger partial charge < -0.3 is 23.9 Å². The molecule has 0 saturated carbocycles. The minimum absolute atomic E-state index is 0.119. The first-order valence-electron chi connectivity index (χ1n) is 20.0. The van der Waals surface area contributed by atoms with Crippen molar-refractivity contribution >= 4 is 62.6 Å². The van der Waals surface area contributed by atoms with Gasteiger partial charge in [-0.2, -0.15) is 5.10 Å². The Balaban J connectivity index is 1.32. The van der Waals surface area contributed by atoms with Crippen LogP contribution in [0.5, 0.6) is 5.75 Å². The summed E-state index contributed by atoms with van der Waals surface area (Å²) in [6.07, 6.45) is 2.90. The average Bonchev–Trinajstić information content (AvgIpc) is 3.82. The van der Waals surface area contributed by atoms with Crippen LogP contribution in [0.1, 0.15) is 99.5 Å². The van der Waals surface area contributed by atoms with Gasteiger partial charge in [0.15, 0.2) is 0 Å². The molecular weight excluding hydrogens is 783 g/mol. The van der Waals surface area contributed by atoms with E-state index < -0.39 is 5.97 Å². The van der Waals surface area contributed by atoms with Crippen molar-refractivity contribution in [3.8, 4) is 16.9 Å². The number of benzene rings is 3. The van der Waals surface area contributed by atoms with E-state index in [2.05, 4.69) is 36.4 Å². The molecule has 1 unspecified atom stereocenters. The Labute approximate surface area is 353 Å². The van der Waals surface area contributed by atoms with Crippen LogP contribution in [0.15, 0.2) is 66.9 Å². The number of nitrogens with zero attached hydrogens (tertiary/aromatic N) is 6. The summed E-state index contributed by atoms with van der Waals surface area (Å²) in [5, 5.41) is 18.3. The van der Waals surface area contributed by atoms with Gasteiger partial charge in [0.1, 0.15) is 17.1 Å². The second-order valence-corrected chi connectivity index (χ2v) is 16.9. The van der Waals surface area contributed by atoms with Crippen molar-refractivity contribution < 1.29 is 19.4 Å². The van der Waals surface area contributed by atoms with Crippen LogP contribution in [0.4, 0.5) is 5.69 Å². The largest absolute Gasteiger partial charge is 0.494 e. The molecule has 59 heavy (non-hydrogen) atoms. The smallest absolute Gasteiger partial charge is 0.352 e. The van der Waals surface area contributed by atoms with Crippen molar-refractivity contribution in [2.24, 2.45) is 7.05 Å². The molecule has 1 N–H and O–H groups in total. The van der Waals surface area contributed by atoms with Crippen LogP contribution in [-0.2, 0) is 20.0 Å². The van der Waals surface area contributed by atoms with Crippen molar-refractivity contribution in [3.63, 3.8) is 0 Å². The molecule has 10 nitrogen and oxygen atoms in total. The number of fused-ring (bicyclic) bond motifs is 4. The van der Waals surface area contributed by atoms with Gasteiger partial charge in [0.05, 0.1) is 46.3 Å². The number of carboxylic acid groups (broad SMARTS) is 1. The van der Waals surface area contributed by atoms with Gasteiger partial charge >= 0.3 is 5.97 Å². The van der Waals surface area contributed by atoms with Gasteiger partial charge in [0, 0.05) is 58.4 Å². The monoisotopic (exact) mass is 830 g/mol. The summed E-state index contributed by atoms with van der Waals surface area (Å²) in [6.45, 7) is 15.3. The Morgan fingerprint density at radius 2 is 1.73 bits per heavy atom. The van der Waals surface area contributed by atoms with Gasteiger partial charge in [-0.1, -0.05) is 49.2 Å². The van der Waals surface area contributed by atoms with Crippen molar-refractivity contribution in [1.29, 1.82) is 0 Å². The zero-order valence-electron chi connectivity index (χ0n) is 34.7. The lowest BCUT2D eigenvalue weighted by Gasteiger charge is -2.35. The summed E-state index contributed by atoms with van der Waals surface area (Å²) in [7, 11) is 1.93. The number of ether oxygens (including phenoxy) is 1. The van der Waals surface area contributed by atoms with Crippen molar-refractivity contribution in [2.75, 3.05) is 18.1 Å². The predicted octanol–water partition coefficient (Wildman–Crippen LogP) is 11.0. The molecule has 4 aromatic heterocycles. The van der Waals surface area contributed by atoms with E-state index in [0.717, 1.165) is 71.8 Å². The maximum Gasteiger partial charge on any atom is 0.352 e. The summed E-state index contributed by atoms with van der Waals surface area (Å²) in [5.41, 5.74) is 11.1. The van der Waals surface area contributed by atoms with Crippen LogP contribution in [0.3, 0.4) is 0 Å². The number of pyridine rings is 1. The normalized spacial score (nSPS) is 14.3. The second-order valence-electron chi connectivity index (χ2n) is 16.1. The van der Waals surface area contributed by atoms with Gasteiger partial charge in [-0.25, -0.2) is 4.79 Å². The molecule has 1 amide bonds. The highest BCUT2D eigenvalue weighted by Crippen LogP contribution is 2.46. The standard InChI is InChI=1S/C47H48Cl2N6O4/c1-25(2)31-20-32-22-39(47(57)58)53(24-33-12-9-10-16-50-33)43(32)38(21-31)54-23-28(5)55-44-36(14-15-37(48)41(44)40-29(6)51-52(8)30(40)7)35(45(55)46(54)56)13-11-17-59-34-18-26(3)42(49)27(4)19-34/h9-10,12,14-16,18-22,25,28H,11,13,17,23-24H2,1-8H3,(H,57,58). The highest BCUT2D eigenvalue weighted by atomic mass is 35.5. The summed E-state index contributed by atoms with van der Waals surface area (Å²) >= 11 is 13.6. The molecule has 1 atom stereocenters. The van der Waals surface area contributed by atoms with E-state index in [1.807, 2.05) is 92.9 Å². The van der Waals surface area contributed by atoms with Crippen molar-refractivity contribution in [3.05, 3.63) is 128 Å². The summed E-state index contributed by atoms with van der Waals surface area (Å²) in [4.78, 5) is 34.8. The first kappa shape index (κ1) is 40.2. The lowest BCUT2D eigenvalue weighted by Crippen LogP contribution is -2.43. The van der Waals surface area contributed by atoms with Crippen LogP contribution in [0.25, 0.3) is 32.9 Å². The number of carbonyl (C=O) groups excluding carboxylic acids is 1. The van der Waals surface area contributed by atoms with Crippen LogP contribution in [-0.4, -0.2) is 54.0 Å². The fourth-order valence-corrected chi connectivity index (χ4v) is 9.24. The van der Waals surface area contributed by atoms with E-state index in [-0.39, 0.29) is 30.1 Å². The van der Waals surface area contributed by atoms with Crippen LogP contribution >= 0.6 is 23.2 Å². The maximum atomic E-state index is 15.6. The molecule has 0 spiro atoms. The number of aromatic nitrogens is 5. The molecule has 3 aromatic carbocycles. The Kier molecular flexibility index (Phi) is 10.6. The molecule has 0 bridgehead atoms. The summed E-state index contributed by atoms with van der Waals surface area (Å²) in [5.74, 6) is -0.338. The molecule has 1 aliphatic heterocycles. The molecule has 8 rings (SSSR count). The Morgan fingerprint density at radius 3 is 2.37 bits per heavy atom. The van der Waals surface area contributed by atoms with Gasteiger partial charge in [0.25, 0.3) is 5.91 Å². The summed E-state index contributed by atoms with van der Waals surface area (Å²) in [6, 6.07) is 19.1. The first-order chi connectivity index (χ1) is 28.2. The molecule has 0 radical (unpaired) electrons. The second kappa shape index (κ2) is 15.5. The molecule has 0 fully saturated rings. The number of amides is 1. The lowest BCUT2D eigenvalue weighted by atomic mass is 9.98. The number of halogens is 2. The number of rotatable bonds is 11. The van der Waals surface area contributed by atoms with Crippen LogP contribution < -0.4 is 9.64 Å². The molecule has 0 aliphatic carbocycles. The van der Waals surface area contributed by atoms with Crippen molar-refractivity contribution in [2.45, 2.75) is 79.8 Å². The van der Waals surface area contributed by atoms with E-state index in [1.54, 1.807) is 16.8 Å². The molecular formula is C47H48Cl2N6O4. The average molecular weight is 832 g/mol. The number of carboxylic acids is 1. The van der Waals surface area contributed by atoms with Gasteiger partial charge in [-0.05, 0) is 124 Å². The molecule has 7 aromatic rings. The van der Waals surface area contributed by atoms with Crippen molar-refractivity contribution in [1.82, 2.24) is 23.9 Å². The molecule has 5 heterocycles. The summed E-state index contributed by atoms with van der Waals surface area (Å²) < 4.78 is 12.1. The Hall–Kier alpha value is -5.58. The SMILES string of the molecule is Cc1cc(OCCCc2c3n(c4c(-c5c(C)nn(C)c5C)c(Cl)ccc24)C(C)CN(c2cc(C(C)C)cc4cc(C(=O)O)n(Cc5ccccn5)c24)C3=O)cc(C)c1Cl. The zero-order valence-corrected chi connectivity index (χ0v) is 36.2. The van der Waals surface area contributed by atoms with Crippen LogP contribution in [0.2, 0.25) is 10.0 Å². The number of aromatic carboxylic acids is 1. The third kappa shape index (κ3) is 6.96. The quantitative estimate of drug-likeness (QED) is 0.130. The zero-order chi connectivity index (χ0) is 42.0. The lowest BCUT2D eigenvalue weighted by molar-refractivity contribution is 0.0686. The Bertz CT molecular complexity index is 2790.